The molecular weight excluding hydrogens is 328 g/mol. The fourth-order valence-corrected chi connectivity index (χ4v) is 2.97. The highest BCUT2D eigenvalue weighted by Gasteiger charge is 2.14. The number of carbonyl (C=O) groups excluding carboxylic acids is 1. The normalized spacial score (nSPS) is 10.8. The van der Waals surface area contributed by atoms with Crippen molar-refractivity contribution in [2.45, 2.75) is 33.9 Å². The van der Waals surface area contributed by atoms with E-state index in [1.807, 2.05) is 43.0 Å². The van der Waals surface area contributed by atoms with Crippen molar-refractivity contribution in [3.63, 3.8) is 0 Å². The molecule has 0 saturated carbocycles. The van der Waals surface area contributed by atoms with E-state index in [1.54, 1.807) is 0 Å². The number of carbonyl (C=O) groups is 1. The molecule has 9 heteroatoms. The van der Waals surface area contributed by atoms with Crippen LogP contribution in [0.15, 0.2) is 22.0 Å². The van der Waals surface area contributed by atoms with Gasteiger partial charge in [-0.1, -0.05) is 11.2 Å². The fraction of sp³-hybridized carbons (Fsp3) is 0.333. The van der Waals surface area contributed by atoms with Crippen LogP contribution in [0.3, 0.4) is 0 Å². The molecular formula is C15H18N6O2S. The minimum Gasteiger partial charge on any atom is -0.333 e. The SMILES string of the molecule is CCn1nc(C)c(NC(=O)NCc2noc(-c3cccs3)n2)c1C. The minimum absolute atomic E-state index is 0.181. The summed E-state index contributed by atoms with van der Waals surface area (Å²) in [6.07, 6.45) is 0. The van der Waals surface area contributed by atoms with Gasteiger partial charge in [-0.3, -0.25) is 4.68 Å². The van der Waals surface area contributed by atoms with Gasteiger partial charge in [-0.2, -0.15) is 10.1 Å². The highest BCUT2D eigenvalue weighted by molar-refractivity contribution is 7.13. The zero-order valence-electron chi connectivity index (χ0n) is 13.7. The van der Waals surface area contributed by atoms with E-state index >= 15 is 0 Å². The quantitative estimate of drug-likeness (QED) is 0.740. The standard InChI is InChI=1S/C15H18N6O2S/c1-4-21-10(3)13(9(2)19-21)18-15(22)16-8-12-17-14(23-20-12)11-6-5-7-24-11/h5-7H,4,8H2,1-3H3,(H2,16,18,22). The Morgan fingerprint density at radius 3 is 2.92 bits per heavy atom. The molecule has 2 N–H and O–H groups in total. The summed E-state index contributed by atoms with van der Waals surface area (Å²) in [5.41, 5.74) is 2.43. The second-order valence-electron chi connectivity index (χ2n) is 5.16. The van der Waals surface area contributed by atoms with E-state index in [1.165, 1.54) is 11.3 Å². The molecule has 0 atom stereocenters. The van der Waals surface area contributed by atoms with E-state index in [-0.39, 0.29) is 12.6 Å². The number of aromatic nitrogens is 4. The van der Waals surface area contributed by atoms with Crippen molar-refractivity contribution in [3.8, 4) is 10.8 Å². The van der Waals surface area contributed by atoms with Crippen LogP contribution in [0.1, 0.15) is 24.1 Å². The number of rotatable bonds is 5. The third kappa shape index (κ3) is 3.30. The van der Waals surface area contributed by atoms with E-state index in [0.29, 0.717) is 11.7 Å². The second kappa shape index (κ2) is 6.83. The van der Waals surface area contributed by atoms with Gasteiger partial charge < -0.3 is 15.2 Å². The average Bonchev–Trinajstić information content (AvgIpc) is 3.29. The average molecular weight is 346 g/mol. The van der Waals surface area contributed by atoms with Crippen LogP contribution in [0.25, 0.3) is 10.8 Å². The van der Waals surface area contributed by atoms with Crippen LogP contribution in [-0.2, 0) is 13.1 Å². The Morgan fingerprint density at radius 2 is 2.25 bits per heavy atom. The maximum absolute atomic E-state index is 12.1. The zero-order chi connectivity index (χ0) is 17.1. The molecule has 8 nitrogen and oxygen atoms in total. The van der Waals surface area contributed by atoms with Crippen molar-refractivity contribution in [3.05, 3.63) is 34.7 Å². The van der Waals surface area contributed by atoms with Gasteiger partial charge >= 0.3 is 6.03 Å². The summed E-state index contributed by atoms with van der Waals surface area (Å²) in [4.78, 5) is 17.2. The summed E-state index contributed by atoms with van der Waals surface area (Å²) in [6.45, 7) is 6.72. The Hall–Kier alpha value is -2.68. The summed E-state index contributed by atoms with van der Waals surface area (Å²) in [7, 11) is 0. The number of nitrogens with zero attached hydrogens (tertiary/aromatic N) is 4. The number of aryl methyl sites for hydroxylation is 2. The van der Waals surface area contributed by atoms with Crippen molar-refractivity contribution in [1.82, 2.24) is 25.2 Å². The van der Waals surface area contributed by atoms with Crippen LogP contribution in [0.2, 0.25) is 0 Å². The summed E-state index contributed by atoms with van der Waals surface area (Å²) in [6, 6.07) is 3.48. The molecule has 3 rings (SSSR count). The Morgan fingerprint density at radius 1 is 1.42 bits per heavy atom. The van der Waals surface area contributed by atoms with Crippen molar-refractivity contribution in [2.24, 2.45) is 0 Å². The molecule has 0 fully saturated rings. The van der Waals surface area contributed by atoms with Crippen molar-refractivity contribution >= 4 is 23.1 Å². The molecule has 0 bridgehead atoms. The monoisotopic (exact) mass is 346 g/mol. The summed E-state index contributed by atoms with van der Waals surface area (Å²) < 4.78 is 7.02. The zero-order valence-corrected chi connectivity index (χ0v) is 14.5. The Bertz CT molecular complexity index is 836. The molecule has 0 aliphatic carbocycles. The van der Waals surface area contributed by atoms with Crippen LogP contribution >= 0.6 is 11.3 Å². The minimum atomic E-state index is -0.334. The molecule has 24 heavy (non-hydrogen) atoms. The third-order valence-corrected chi connectivity index (χ3v) is 4.38. The molecule has 3 heterocycles. The van der Waals surface area contributed by atoms with Gasteiger partial charge in [-0.25, -0.2) is 4.79 Å². The van der Waals surface area contributed by atoms with Crippen LogP contribution in [-0.4, -0.2) is 26.0 Å². The van der Waals surface area contributed by atoms with Gasteiger partial charge in [0.25, 0.3) is 5.89 Å². The number of urea groups is 1. The lowest BCUT2D eigenvalue weighted by Gasteiger charge is -2.06. The van der Waals surface area contributed by atoms with E-state index in [9.17, 15) is 4.79 Å². The van der Waals surface area contributed by atoms with Crippen molar-refractivity contribution in [1.29, 1.82) is 0 Å². The number of nitrogens with one attached hydrogen (secondary N) is 2. The van der Waals surface area contributed by atoms with E-state index in [4.69, 9.17) is 4.52 Å². The highest BCUT2D eigenvalue weighted by atomic mass is 32.1. The van der Waals surface area contributed by atoms with Gasteiger partial charge in [0, 0.05) is 6.54 Å². The summed E-state index contributed by atoms with van der Waals surface area (Å²) in [5, 5.41) is 15.7. The predicted octanol–water partition coefficient (Wildman–Crippen LogP) is 2.95. The number of hydrogen-bond donors (Lipinski definition) is 2. The Kier molecular flexibility index (Phi) is 4.61. The lowest BCUT2D eigenvalue weighted by atomic mass is 10.3. The highest BCUT2D eigenvalue weighted by Crippen LogP contribution is 2.22. The molecule has 3 aromatic heterocycles. The van der Waals surface area contributed by atoms with E-state index in [2.05, 4.69) is 25.9 Å². The van der Waals surface area contributed by atoms with Gasteiger partial charge in [0.1, 0.15) is 0 Å². The second-order valence-corrected chi connectivity index (χ2v) is 6.11. The van der Waals surface area contributed by atoms with Gasteiger partial charge in [-0.15, -0.1) is 11.3 Å². The molecule has 3 aromatic rings. The summed E-state index contributed by atoms with van der Waals surface area (Å²) in [5.74, 6) is 0.879. The number of amides is 2. The predicted molar refractivity (Wildman–Crippen MR) is 90.8 cm³/mol. The Balaban J connectivity index is 1.59. The van der Waals surface area contributed by atoms with Crippen LogP contribution in [0.5, 0.6) is 0 Å². The summed E-state index contributed by atoms with van der Waals surface area (Å²) >= 11 is 1.52. The first-order chi connectivity index (χ1) is 11.6. The lowest BCUT2D eigenvalue weighted by Crippen LogP contribution is -2.29. The van der Waals surface area contributed by atoms with Crippen LogP contribution in [0, 0.1) is 13.8 Å². The van der Waals surface area contributed by atoms with Crippen LogP contribution < -0.4 is 10.6 Å². The topological polar surface area (TPSA) is 97.9 Å². The smallest absolute Gasteiger partial charge is 0.319 e. The van der Waals surface area contributed by atoms with Crippen molar-refractivity contribution in [2.75, 3.05) is 5.32 Å². The van der Waals surface area contributed by atoms with Gasteiger partial charge in [0.05, 0.1) is 28.5 Å². The first-order valence-corrected chi connectivity index (χ1v) is 8.41. The number of anilines is 1. The van der Waals surface area contributed by atoms with Crippen LogP contribution in [0.4, 0.5) is 10.5 Å². The molecule has 2 amide bonds. The first kappa shape index (κ1) is 16.2. The Labute approximate surface area is 142 Å². The molecule has 0 aliphatic rings. The lowest BCUT2D eigenvalue weighted by molar-refractivity contribution is 0.251. The van der Waals surface area contributed by atoms with Gasteiger partial charge in [0.2, 0.25) is 0 Å². The molecule has 126 valence electrons. The maximum atomic E-state index is 12.1. The molecule has 0 aromatic carbocycles. The van der Waals surface area contributed by atoms with Gasteiger partial charge in [0.15, 0.2) is 5.82 Å². The molecule has 0 radical (unpaired) electrons. The first-order valence-electron chi connectivity index (χ1n) is 7.53. The van der Waals surface area contributed by atoms with E-state index in [0.717, 1.165) is 28.5 Å². The maximum Gasteiger partial charge on any atom is 0.319 e. The molecule has 0 aliphatic heterocycles. The largest absolute Gasteiger partial charge is 0.333 e. The van der Waals surface area contributed by atoms with E-state index < -0.39 is 0 Å². The molecule has 0 unspecified atom stereocenters. The molecule has 0 spiro atoms. The van der Waals surface area contributed by atoms with Gasteiger partial charge in [-0.05, 0) is 32.2 Å². The third-order valence-electron chi connectivity index (χ3n) is 3.53. The molecule has 0 saturated heterocycles. The van der Waals surface area contributed by atoms with Crippen molar-refractivity contribution < 1.29 is 9.32 Å². The number of hydrogen-bond acceptors (Lipinski definition) is 6. The fourth-order valence-electron chi connectivity index (χ4n) is 2.33. The number of thiophene rings is 1.